The summed E-state index contributed by atoms with van der Waals surface area (Å²) in [6, 6.07) is 4.72. The largest absolute Gasteiger partial charge is 0.409 e. The van der Waals surface area contributed by atoms with Gasteiger partial charge in [0.05, 0.1) is 11.2 Å². The van der Waals surface area contributed by atoms with Gasteiger partial charge in [0, 0.05) is 18.7 Å². The molecule has 1 aromatic rings. The molecule has 0 bridgehead atoms. The number of oxime groups is 1. The third-order valence-electron chi connectivity index (χ3n) is 3.52. The molecule has 1 saturated carbocycles. The number of halogens is 1. The van der Waals surface area contributed by atoms with Gasteiger partial charge in [0.1, 0.15) is 5.82 Å². The van der Waals surface area contributed by atoms with E-state index in [1.54, 1.807) is 12.1 Å². The van der Waals surface area contributed by atoms with E-state index in [2.05, 4.69) is 10.5 Å². The van der Waals surface area contributed by atoms with Crippen molar-refractivity contribution in [3.63, 3.8) is 0 Å². The van der Waals surface area contributed by atoms with E-state index in [9.17, 15) is 9.50 Å². The van der Waals surface area contributed by atoms with Crippen LogP contribution in [0.5, 0.6) is 0 Å². The van der Waals surface area contributed by atoms with Gasteiger partial charge in [-0.3, -0.25) is 0 Å². The maximum Gasteiger partial charge on any atom is 0.173 e. The zero-order valence-corrected chi connectivity index (χ0v) is 10.6. The predicted octanol–water partition coefficient (Wildman–Crippen LogP) is 0.925. The number of nitrogens with two attached hydrogens (primary N) is 1. The van der Waals surface area contributed by atoms with Gasteiger partial charge in [-0.15, -0.1) is 0 Å². The summed E-state index contributed by atoms with van der Waals surface area (Å²) < 4.78 is 14.1. The first-order valence-electron chi connectivity index (χ1n) is 6.24. The van der Waals surface area contributed by atoms with Crippen LogP contribution in [0.15, 0.2) is 23.4 Å². The first-order valence-corrected chi connectivity index (χ1v) is 6.24. The first-order chi connectivity index (χ1) is 9.06. The Morgan fingerprint density at radius 2 is 2.21 bits per heavy atom. The highest BCUT2D eigenvalue weighted by molar-refractivity contribution is 5.97. The van der Waals surface area contributed by atoms with E-state index in [1.807, 2.05) is 0 Å². The van der Waals surface area contributed by atoms with Crippen molar-refractivity contribution >= 4 is 5.84 Å². The lowest BCUT2D eigenvalue weighted by molar-refractivity contribution is -0.0315. The number of hydrogen-bond acceptors (Lipinski definition) is 4. The fourth-order valence-corrected chi connectivity index (χ4v) is 2.16. The molecule has 6 heteroatoms. The average molecular weight is 267 g/mol. The van der Waals surface area contributed by atoms with Crippen LogP contribution < -0.4 is 11.1 Å². The molecule has 104 valence electrons. The minimum absolute atomic E-state index is 0.0733. The topological polar surface area (TPSA) is 90.9 Å². The molecule has 0 atom stereocenters. The van der Waals surface area contributed by atoms with Crippen molar-refractivity contribution in [2.75, 3.05) is 6.54 Å². The van der Waals surface area contributed by atoms with E-state index in [-0.39, 0.29) is 11.4 Å². The molecular weight excluding hydrogens is 249 g/mol. The predicted molar refractivity (Wildman–Crippen MR) is 69.4 cm³/mol. The standard InChI is InChI=1S/C13H18FN3O2/c14-11-9(3-1-4-10(11)12(15)17-19)7-16-8-13(18)5-2-6-13/h1,3-4,16,18-19H,2,5-8H2,(H2,15,17). The third-order valence-corrected chi connectivity index (χ3v) is 3.52. The van der Waals surface area contributed by atoms with Gasteiger partial charge >= 0.3 is 0 Å². The maximum absolute atomic E-state index is 14.1. The lowest BCUT2D eigenvalue weighted by Gasteiger charge is -2.36. The Morgan fingerprint density at radius 1 is 1.47 bits per heavy atom. The lowest BCUT2D eigenvalue weighted by Crippen LogP contribution is -2.46. The molecule has 0 heterocycles. The number of hydrogen-bond donors (Lipinski definition) is 4. The van der Waals surface area contributed by atoms with Crippen molar-refractivity contribution in [3.8, 4) is 0 Å². The monoisotopic (exact) mass is 267 g/mol. The Morgan fingerprint density at radius 3 is 2.79 bits per heavy atom. The molecule has 0 aromatic heterocycles. The van der Waals surface area contributed by atoms with Crippen molar-refractivity contribution in [2.45, 2.75) is 31.4 Å². The summed E-state index contributed by atoms with van der Waals surface area (Å²) in [4.78, 5) is 0. The Balaban J connectivity index is 2.00. The molecule has 0 aliphatic heterocycles. The van der Waals surface area contributed by atoms with E-state index in [0.29, 0.717) is 18.7 Å². The van der Waals surface area contributed by atoms with Gasteiger partial charge in [-0.2, -0.15) is 0 Å². The molecule has 5 N–H and O–H groups in total. The Kier molecular flexibility index (Phi) is 4.01. The van der Waals surface area contributed by atoms with Gasteiger partial charge in [0.15, 0.2) is 5.84 Å². The zero-order chi connectivity index (χ0) is 13.9. The Bertz CT molecular complexity index is 487. The summed E-state index contributed by atoms with van der Waals surface area (Å²) in [5.41, 5.74) is 5.25. The molecule has 0 spiro atoms. The van der Waals surface area contributed by atoms with Crippen molar-refractivity contribution in [1.29, 1.82) is 0 Å². The van der Waals surface area contributed by atoms with Gasteiger partial charge in [-0.05, 0) is 25.3 Å². The molecule has 1 aliphatic carbocycles. The molecule has 0 saturated heterocycles. The SMILES string of the molecule is N/C(=N/O)c1cccc(CNCC2(O)CCC2)c1F. The third kappa shape index (κ3) is 3.02. The average Bonchev–Trinajstić information content (AvgIpc) is 2.38. The van der Waals surface area contributed by atoms with Crippen LogP contribution in [-0.2, 0) is 6.54 Å². The minimum atomic E-state index is -0.639. The summed E-state index contributed by atoms with van der Waals surface area (Å²) in [7, 11) is 0. The second-order valence-corrected chi connectivity index (χ2v) is 4.95. The van der Waals surface area contributed by atoms with Gasteiger partial charge in [0.25, 0.3) is 0 Å². The van der Waals surface area contributed by atoms with E-state index in [1.165, 1.54) is 6.07 Å². The van der Waals surface area contributed by atoms with E-state index in [4.69, 9.17) is 10.9 Å². The van der Waals surface area contributed by atoms with Crippen LogP contribution in [0.3, 0.4) is 0 Å². The van der Waals surface area contributed by atoms with Crippen molar-refractivity contribution in [1.82, 2.24) is 5.32 Å². The van der Waals surface area contributed by atoms with Crippen LogP contribution in [-0.4, -0.2) is 28.3 Å². The maximum atomic E-state index is 14.1. The molecule has 2 rings (SSSR count). The lowest BCUT2D eigenvalue weighted by atomic mass is 9.80. The molecule has 0 amide bonds. The second kappa shape index (κ2) is 5.54. The van der Waals surface area contributed by atoms with Crippen LogP contribution >= 0.6 is 0 Å². The molecule has 0 radical (unpaired) electrons. The summed E-state index contributed by atoms with van der Waals surface area (Å²) in [6.45, 7) is 0.737. The van der Waals surface area contributed by atoms with Gasteiger partial charge in [-0.25, -0.2) is 4.39 Å². The molecule has 1 aromatic carbocycles. The molecule has 0 unspecified atom stereocenters. The number of nitrogens with zero attached hydrogens (tertiary/aromatic N) is 1. The molecular formula is C13H18FN3O2. The number of rotatable bonds is 5. The fraction of sp³-hybridized carbons (Fsp3) is 0.462. The van der Waals surface area contributed by atoms with Crippen molar-refractivity contribution < 1.29 is 14.7 Å². The van der Waals surface area contributed by atoms with Gasteiger partial charge in [-0.1, -0.05) is 17.3 Å². The van der Waals surface area contributed by atoms with Crippen molar-refractivity contribution in [3.05, 3.63) is 35.1 Å². The highest BCUT2D eigenvalue weighted by atomic mass is 19.1. The van der Waals surface area contributed by atoms with Gasteiger partial charge < -0.3 is 21.4 Å². The molecule has 19 heavy (non-hydrogen) atoms. The highest BCUT2D eigenvalue weighted by Gasteiger charge is 2.33. The normalized spacial score (nSPS) is 18.1. The zero-order valence-electron chi connectivity index (χ0n) is 10.6. The smallest absolute Gasteiger partial charge is 0.173 e. The highest BCUT2D eigenvalue weighted by Crippen LogP contribution is 2.30. The van der Waals surface area contributed by atoms with Crippen LogP contribution in [0.25, 0.3) is 0 Å². The number of nitrogens with one attached hydrogen (secondary N) is 1. The van der Waals surface area contributed by atoms with E-state index >= 15 is 0 Å². The molecule has 1 fully saturated rings. The number of amidine groups is 1. The molecule has 5 nitrogen and oxygen atoms in total. The number of benzene rings is 1. The summed E-state index contributed by atoms with van der Waals surface area (Å²) >= 11 is 0. The second-order valence-electron chi connectivity index (χ2n) is 4.95. The van der Waals surface area contributed by atoms with Crippen LogP contribution in [0, 0.1) is 5.82 Å². The minimum Gasteiger partial charge on any atom is -0.409 e. The van der Waals surface area contributed by atoms with E-state index in [0.717, 1.165) is 19.3 Å². The van der Waals surface area contributed by atoms with E-state index < -0.39 is 11.4 Å². The van der Waals surface area contributed by atoms with Crippen LogP contribution in [0.4, 0.5) is 4.39 Å². The van der Waals surface area contributed by atoms with Crippen LogP contribution in [0.1, 0.15) is 30.4 Å². The number of aliphatic hydroxyl groups is 1. The first kappa shape index (κ1) is 13.8. The van der Waals surface area contributed by atoms with Gasteiger partial charge in [0.2, 0.25) is 0 Å². The van der Waals surface area contributed by atoms with Crippen LogP contribution in [0.2, 0.25) is 0 Å². The summed E-state index contributed by atoms with van der Waals surface area (Å²) in [5.74, 6) is -0.761. The Hall–Kier alpha value is -1.66. The summed E-state index contributed by atoms with van der Waals surface area (Å²) in [5, 5.41) is 24.3. The van der Waals surface area contributed by atoms with Crippen molar-refractivity contribution in [2.24, 2.45) is 10.9 Å². The fourth-order valence-electron chi connectivity index (χ4n) is 2.16. The Labute approximate surface area is 110 Å². The quantitative estimate of drug-likeness (QED) is 0.276. The molecule has 1 aliphatic rings. The summed E-state index contributed by atoms with van der Waals surface area (Å²) in [6.07, 6.45) is 2.60.